The molecule has 0 bridgehead atoms. The van der Waals surface area contributed by atoms with Crippen molar-refractivity contribution in [2.75, 3.05) is 6.61 Å². The van der Waals surface area contributed by atoms with E-state index < -0.39 is 27.0 Å². The van der Waals surface area contributed by atoms with Gasteiger partial charge in [0, 0.05) is 5.56 Å². The van der Waals surface area contributed by atoms with Gasteiger partial charge in [-0.3, -0.25) is 0 Å². The number of sulfonamides is 1. The predicted molar refractivity (Wildman–Crippen MR) is 59.5 cm³/mol. The SMILES string of the molecule is CCOc1ccccc1C(C(F)(F)F)S(N)(=O)=O. The Kier molecular flexibility index (Phi) is 4.23. The third-order valence-corrected chi connectivity index (χ3v) is 3.31. The summed E-state index contributed by atoms with van der Waals surface area (Å²) in [4.78, 5) is 0. The van der Waals surface area contributed by atoms with Crippen molar-refractivity contribution in [3.8, 4) is 5.75 Å². The third kappa shape index (κ3) is 3.36. The lowest BCUT2D eigenvalue weighted by Crippen LogP contribution is -2.33. The highest BCUT2D eigenvalue weighted by atomic mass is 32.2. The van der Waals surface area contributed by atoms with Gasteiger partial charge in [0.25, 0.3) is 0 Å². The van der Waals surface area contributed by atoms with Crippen LogP contribution in [-0.2, 0) is 10.0 Å². The number of hydrogen-bond acceptors (Lipinski definition) is 3. The van der Waals surface area contributed by atoms with Crippen molar-refractivity contribution in [3.05, 3.63) is 29.8 Å². The number of nitrogens with two attached hydrogens (primary N) is 1. The van der Waals surface area contributed by atoms with Gasteiger partial charge in [0.1, 0.15) is 5.75 Å². The monoisotopic (exact) mass is 283 g/mol. The summed E-state index contributed by atoms with van der Waals surface area (Å²) in [6, 6.07) is 5.04. The average Bonchev–Trinajstić information content (AvgIpc) is 2.17. The Bertz CT molecular complexity index is 513. The molecular formula is C10H12F3NO3S. The van der Waals surface area contributed by atoms with Gasteiger partial charge in [-0.2, -0.15) is 13.2 Å². The van der Waals surface area contributed by atoms with Crippen molar-refractivity contribution in [2.45, 2.75) is 18.3 Å². The van der Waals surface area contributed by atoms with Crippen LogP contribution in [0.1, 0.15) is 17.7 Å². The molecule has 0 radical (unpaired) electrons. The Morgan fingerprint density at radius 1 is 1.33 bits per heavy atom. The van der Waals surface area contributed by atoms with E-state index in [1.165, 1.54) is 18.2 Å². The molecule has 1 aromatic rings. The first-order valence-corrected chi connectivity index (χ1v) is 6.59. The Balaban J connectivity index is 3.40. The van der Waals surface area contributed by atoms with Gasteiger partial charge < -0.3 is 4.74 Å². The molecule has 0 amide bonds. The number of para-hydroxylation sites is 1. The summed E-state index contributed by atoms with van der Waals surface area (Å²) in [5.74, 6) is -0.142. The second-order valence-electron chi connectivity index (χ2n) is 3.48. The lowest BCUT2D eigenvalue weighted by Gasteiger charge is -2.20. The predicted octanol–water partition coefficient (Wildman–Crippen LogP) is 1.98. The molecule has 0 aliphatic heterocycles. The summed E-state index contributed by atoms with van der Waals surface area (Å²) in [5, 5.41) is 1.88. The molecule has 4 nitrogen and oxygen atoms in total. The van der Waals surface area contributed by atoms with Gasteiger partial charge in [0.05, 0.1) is 6.61 Å². The molecule has 0 spiro atoms. The van der Waals surface area contributed by atoms with Crippen LogP contribution >= 0.6 is 0 Å². The Morgan fingerprint density at radius 3 is 2.33 bits per heavy atom. The Morgan fingerprint density at radius 2 is 1.89 bits per heavy atom. The van der Waals surface area contributed by atoms with Gasteiger partial charge in [-0.05, 0) is 13.0 Å². The van der Waals surface area contributed by atoms with Gasteiger partial charge in [-0.15, -0.1) is 0 Å². The first-order chi connectivity index (χ1) is 8.18. The molecule has 1 rings (SSSR count). The molecule has 1 aromatic carbocycles. The summed E-state index contributed by atoms with van der Waals surface area (Å²) in [6.07, 6.45) is -5.00. The van der Waals surface area contributed by atoms with Gasteiger partial charge in [0.2, 0.25) is 10.0 Å². The van der Waals surface area contributed by atoms with E-state index in [-0.39, 0.29) is 12.4 Å². The van der Waals surface area contributed by atoms with Crippen LogP contribution in [0.4, 0.5) is 13.2 Å². The van der Waals surface area contributed by atoms with Crippen molar-refractivity contribution < 1.29 is 26.3 Å². The molecule has 0 fully saturated rings. The zero-order valence-corrected chi connectivity index (χ0v) is 10.3. The number of alkyl halides is 3. The Hall–Kier alpha value is -1.28. The van der Waals surface area contributed by atoms with Crippen LogP contribution in [0.25, 0.3) is 0 Å². The second-order valence-corrected chi connectivity index (χ2v) is 5.13. The third-order valence-electron chi connectivity index (χ3n) is 2.13. The topological polar surface area (TPSA) is 69.4 Å². The molecular weight excluding hydrogens is 271 g/mol. The van der Waals surface area contributed by atoms with Gasteiger partial charge >= 0.3 is 6.18 Å². The highest BCUT2D eigenvalue weighted by molar-refractivity contribution is 7.89. The highest BCUT2D eigenvalue weighted by Gasteiger charge is 2.49. The normalized spacial score (nSPS) is 14.3. The second kappa shape index (κ2) is 5.15. The molecule has 18 heavy (non-hydrogen) atoms. The number of benzene rings is 1. The number of halogens is 3. The van der Waals surface area contributed by atoms with E-state index in [2.05, 4.69) is 5.14 Å². The molecule has 0 aromatic heterocycles. The average molecular weight is 283 g/mol. The van der Waals surface area contributed by atoms with Crippen LogP contribution < -0.4 is 9.88 Å². The van der Waals surface area contributed by atoms with Crippen LogP contribution in [0.3, 0.4) is 0 Å². The fourth-order valence-corrected chi connectivity index (χ4v) is 2.44. The summed E-state index contributed by atoms with van der Waals surface area (Å²) in [5.41, 5.74) is -0.505. The van der Waals surface area contributed by atoms with E-state index in [9.17, 15) is 21.6 Å². The van der Waals surface area contributed by atoms with Crippen molar-refractivity contribution in [2.24, 2.45) is 5.14 Å². The largest absolute Gasteiger partial charge is 0.494 e. The molecule has 1 atom stereocenters. The van der Waals surface area contributed by atoms with Crippen LogP contribution in [-0.4, -0.2) is 21.2 Å². The first kappa shape index (κ1) is 14.8. The van der Waals surface area contributed by atoms with Crippen molar-refractivity contribution in [3.63, 3.8) is 0 Å². The molecule has 0 saturated heterocycles. The molecule has 2 N–H and O–H groups in total. The molecule has 8 heteroatoms. The van der Waals surface area contributed by atoms with Crippen LogP contribution in [0.15, 0.2) is 24.3 Å². The number of hydrogen-bond donors (Lipinski definition) is 1. The summed E-state index contributed by atoms with van der Waals surface area (Å²) < 4.78 is 65.7. The van der Waals surface area contributed by atoms with E-state index in [4.69, 9.17) is 4.74 Å². The zero-order valence-electron chi connectivity index (χ0n) is 9.44. The van der Waals surface area contributed by atoms with Crippen LogP contribution in [0.2, 0.25) is 0 Å². The number of rotatable bonds is 4. The maximum absolute atomic E-state index is 12.8. The van der Waals surface area contributed by atoms with Crippen LogP contribution in [0.5, 0.6) is 5.75 Å². The maximum Gasteiger partial charge on any atom is 0.410 e. The van der Waals surface area contributed by atoms with Gasteiger partial charge in [-0.25, -0.2) is 13.6 Å². The van der Waals surface area contributed by atoms with Gasteiger partial charge in [0.15, 0.2) is 5.25 Å². The summed E-state index contributed by atoms with van der Waals surface area (Å²) in [6.45, 7) is 1.70. The van der Waals surface area contributed by atoms with Crippen molar-refractivity contribution >= 4 is 10.0 Å². The summed E-state index contributed by atoms with van der Waals surface area (Å²) >= 11 is 0. The molecule has 0 aliphatic carbocycles. The number of primary sulfonamides is 1. The molecule has 1 unspecified atom stereocenters. The standard InChI is InChI=1S/C10H12F3NO3S/c1-2-17-8-6-4-3-5-7(8)9(10(11,12)13)18(14,15)16/h3-6,9H,2H2,1H3,(H2,14,15,16). The minimum absolute atomic E-state index is 0.117. The quantitative estimate of drug-likeness (QED) is 0.918. The van der Waals surface area contributed by atoms with E-state index >= 15 is 0 Å². The minimum atomic E-state index is -5.00. The zero-order chi connectivity index (χ0) is 14.0. The lowest BCUT2D eigenvalue weighted by molar-refractivity contribution is -0.131. The minimum Gasteiger partial charge on any atom is -0.494 e. The fraction of sp³-hybridized carbons (Fsp3) is 0.400. The number of ether oxygens (including phenoxy) is 1. The van der Waals surface area contributed by atoms with E-state index in [0.29, 0.717) is 0 Å². The van der Waals surface area contributed by atoms with Crippen molar-refractivity contribution in [1.82, 2.24) is 0 Å². The maximum atomic E-state index is 12.8. The first-order valence-electron chi connectivity index (χ1n) is 4.98. The van der Waals surface area contributed by atoms with Gasteiger partial charge in [-0.1, -0.05) is 18.2 Å². The molecule has 102 valence electrons. The molecule has 0 saturated carbocycles. The van der Waals surface area contributed by atoms with E-state index in [0.717, 1.165) is 6.07 Å². The van der Waals surface area contributed by atoms with E-state index in [1.54, 1.807) is 6.92 Å². The smallest absolute Gasteiger partial charge is 0.410 e. The fourth-order valence-electron chi connectivity index (χ4n) is 1.52. The molecule has 0 aliphatic rings. The van der Waals surface area contributed by atoms with E-state index in [1.807, 2.05) is 0 Å². The Labute approximate surface area is 103 Å². The lowest BCUT2D eigenvalue weighted by atomic mass is 10.1. The molecule has 0 heterocycles. The highest BCUT2D eigenvalue weighted by Crippen LogP contribution is 2.41. The summed E-state index contributed by atoms with van der Waals surface area (Å²) in [7, 11) is -4.82. The van der Waals surface area contributed by atoms with Crippen molar-refractivity contribution in [1.29, 1.82) is 0 Å². The van der Waals surface area contributed by atoms with Crippen LogP contribution in [0, 0.1) is 0 Å².